The van der Waals surface area contributed by atoms with E-state index in [0.717, 1.165) is 74.7 Å². The number of aromatic amines is 2. The van der Waals surface area contributed by atoms with Crippen molar-refractivity contribution in [1.82, 2.24) is 24.8 Å². The number of hydrogen-bond donors (Lipinski definition) is 2. The SMILES string of the molecule is COC(=O)C[C@H]1CCc2cccc3c2N(C1=O)[C@H](c1ncc(-c2ccc(-c4ccc(-c5cnc([C@@H]6C7CC7CN6C(=O)[C@H](CC(=O)OC)c6ccccc6)[nH]5)cc4)cc2)[nH]1)C3. The zero-order chi connectivity index (χ0) is 41.8. The first-order chi connectivity index (χ1) is 29.8. The number of fused-ring (bicyclic) bond motifs is 1. The molecule has 5 heterocycles. The first-order valence-corrected chi connectivity index (χ1v) is 21.0. The third kappa shape index (κ3) is 7.09. The Balaban J connectivity index is 0.833. The van der Waals surface area contributed by atoms with Gasteiger partial charge in [0.1, 0.15) is 11.6 Å². The molecule has 2 unspecified atom stereocenters. The van der Waals surface area contributed by atoms with Gasteiger partial charge in [0.25, 0.3) is 0 Å². The Morgan fingerprint density at radius 3 is 2.05 bits per heavy atom. The number of aryl methyl sites for hydroxylation is 1. The van der Waals surface area contributed by atoms with Crippen molar-refractivity contribution in [2.75, 3.05) is 25.7 Å². The number of methoxy groups -OCH3 is 2. The fourth-order valence-corrected chi connectivity index (χ4v) is 9.88. The Kier molecular flexibility index (Phi) is 9.85. The van der Waals surface area contributed by atoms with Crippen molar-refractivity contribution < 1.29 is 28.7 Å². The minimum Gasteiger partial charge on any atom is -0.469 e. The Hall–Kier alpha value is -6.82. The van der Waals surface area contributed by atoms with E-state index >= 15 is 0 Å². The zero-order valence-corrected chi connectivity index (χ0v) is 34.0. The number of H-pyrrole nitrogens is 2. The maximum atomic E-state index is 14.1. The van der Waals surface area contributed by atoms with Gasteiger partial charge in [0.2, 0.25) is 11.8 Å². The summed E-state index contributed by atoms with van der Waals surface area (Å²) in [7, 11) is 2.71. The van der Waals surface area contributed by atoms with E-state index in [4.69, 9.17) is 19.4 Å². The van der Waals surface area contributed by atoms with Crippen molar-refractivity contribution in [1.29, 1.82) is 0 Å². The molecular weight excluding hydrogens is 769 g/mol. The highest BCUT2D eigenvalue weighted by Gasteiger charge is 2.56. The third-order valence-corrected chi connectivity index (χ3v) is 13.2. The predicted octanol–water partition coefficient (Wildman–Crippen LogP) is 7.76. The number of amides is 2. The van der Waals surface area contributed by atoms with Gasteiger partial charge in [-0.3, -0.25) is 19.2 Å². The van der Waals surface area contributed by atoms with Crippen LogP contribution in [-0.4, -0.2) is 69.4 Å². The number of ether oxygens (including phenoxy) is 2. The Morgan fingerprint density at radius 2 is 1.38 bits per heavy atom. The lowest BCUT2D eigenvalue weighted by Crippen LogP contribution is -2.38. The summed E-state index contributed by atoms with van der Waals surface area (Å²) < 4.78 is 9.90. The molecule has 0 bridgehead atoms. The number of esters is 2. The summed E-state index contributed by atoms with van der Waals surface area (Å²) in [6, 6.07) is 31.9. The molecule has 2 aromatic heterocycles. The molecule has 1 saturated heterocycles. The van der Waals surface area contributed by atoms with Gasteiger partial charge in [0.05, 0.1) is 74.5 Å². The van der Waals surface area contributed by atoms with Crippen LogP contribution in [0.15, 0.2) is 109 Å². The first-order valence-electron chi connectivity index (χ1n) is 21.0. The molecule has 1 aliphatic carbocycles. The number of hydrogen-bond acceptors (Lipinski definition) is 8. The molecule has 0 spiro atoms. The molecule has 6 atom stereocenters. The third-order valence-electron chi connectivity index (χ3n) is 13.2. The summed E-state index contributed by atoms with van der Waals surface area (Å²) >= 11 is 0. The molecule has 61 heavy (non-hydrogen) atoms. The second kappa shape index (κ2) is 15.7. The van der Waals surface area contributed by atoms with Crippen molar-refractivity contribution in [2.45, 2.75) is 56.5 Å². The van der Waals surface area contributed by atoms with Crippen molar-refractivity contribution in [2.24, 2.45) is 17.8 Å². The summed E-state index contributed by atoms with van der Waals surface area (Å²) in [5.74, 6) is 0.258. The van der Waals surface area contributed by atoms with E-state index in [9.17, 15) is 19.2 Å². The molecule has 3 aliphatic heterocycles. The molecule has 12 heteroatoms. The lowest BCUT2D eigenvalue weighted by atomic mass is 9.93. The molecule has 0 radical (unpaired) electrons. The number of rotatable bonds is 11. The molecule has 308 valence electrons. The van der Waals surface area contributed by atoms with Crippen molar-refractivity contribution in [3.8, 4) is 33.6 Å². The lowest BCUT2D eigenvalue weighted by molar-refractivity contribution is -0.145. The van der Waals surface area contributed by atoms with Gasteiger partial charge in [-0.05, 0) is 70.0 Å². The van der Waals surface area contributed by atoms with Crippen LogP contribution in [-0.2, 0) is 41.5 Å². The number of nitrogens with one attached hydrogen (secondary N) is 2. The number of nitrogens with zero attached hydrogens (tertiary/aromatic N) is 4. The van der Waals surface area contributed by atoms with Crippen LogP contribution in [0.4, 0.5) is 5.69 Å². The summed E-state index contributed by atoms with van der Waals surface area (Å²) in [6.07, 6.45) is 6.74. The summed E-state index contributed by atoms with van der Waals surface area (Å²) in [5, 5.41) is 0. The zero-order valence-electron chi connectivity index (χ0n) is 34.0. The maximum Gasteiger partial charge on any atom is 0.306 e. The standard InChI is InChI=1S/C49H46N6O6/c1-60-42(56)23-35-20-19-33-9-6-10-34-22-41(55(44(33)34)48(35)58)46-50-25-39(52-46)31-15-11-28(12-16-31)29-13-17-32(18-14-29)40-26-51-47(53-40)45-37-21-36(37)27-54(45)49(59)38(24-43(57)61-2)30-7-4-3-5-8-30/h3-18,25-26,35-38,41,45H,19-24,27H2,1-2H3,(H,50,52)(H,51,53)/t35-,36?,37?,38-,41+,45+/m1/s1. The second-order valence-electron chi connectivity index (χ2n) is 16.7. The molecule has 2 N–H and O–H groups in total. The molecule has 6 aromatic rings. The molecule has 10 rings (SSSR count). The number of likely N-dealkylation sites (tertiary alicyclic amines) is 1. The Labute approximate surface area is 353 Å². The first kappa shape index (κ1) is 38.4. The van der Waals surface area contributed by atoms with E-state index in [2.05, 4.69) is 70.6 Å². The molecule has 1 saturated carbocycles. The molecule has 2 fully saturated rings. The molecular formula is C49H46N6O6. The second-order valence-corrected chi connectivity index (χ2v) is 16.7. The smallest absolute Gasteiger partial charge is 0.306 e. The van der Waals surface area contributed by atoms with E-state index in [1.807, 2.05) is 58.6 Å². The Bertz CT molecular complexity index is 2640. The molecule has 2 amide bonds. The van der Waals surface area contributed by atoms with Gasteiger partial charge in [0.15, 0.2) is 0 Å². The van der Waals surface area contributed by atoms with Crippen LogP contribution in [0.3, 0.4) is 0 Å². The molecule has 4 aromatic carbocycles. The molecule has 4 aliphatic rings. The van der Waals surface area contributed by atoms with Crippen LogP contribution in [0.1, 0.15) is 72.0 Å². The fourth-order valence-electron chi connectivity index (χ4n) is 9.88. The maximum absolute atomic E-state index is 14.1. The van der Waals surface area contributed by atoms with Crippen LogP contribution in [0.25, 0.3) is 33.6 Å². The van der Waals surface area contributed by atoms with Crippen LogP contribution in [0.2, 0.25) is 0 Å². The van der Waals surface area contributed by atoms with Gasteiger partial charge < -0.3 is 29.2 Å². The van der Waals surface area contributed by atoms with Crippen LogP contribution in [0.5, 0.6) is 0 Å². The highest BCUT2D eigenvalue weighted by atomic mass is 16.5. The minimum atomic E-state index is -0.623. The van der Waals surface area contributed by atoms with Gasteiger partial charge in [-0.25, -0.2) is 9.97 Å². The average Bonchev–Trinajstić information content (AvgIpc) is 3.74. The average molecular weight is 815 g/mol. The highest BCUT2D eigenvalue weighted by molar-refractivity contribution is 6.01. The number of carbonyl (C=O) groups is 4. The highest BCUT2D eigenvalue weighted by Crippen LogP contribution is 2.56. The van der Waals surface area contributed by atoms with Crippen molar-refractivity contribution in [3.63, 3.8) is 0 Å². The number of para-hydroxylation sites is 1. The predicted molar refractivity (Wildman–Crippen MR) is 228 cm³/mol. The van der Waals surface area contributed by atoms with Gasteiger partial charge in [0, 0.05) is 18.9 Å². The van der Waals surface area contributed by atoms with Crippen LogP contribution in [0, 0.1) is 17.8 Å². The fraction of sp³-hybridized carbons (Fsp3) is 0.306. The van der Waals surface area contributed by atoms with E-state index < -0.39 is 17.8 Å². The van der Waals surface area contributed by atoms with Gasteiger partial charge in [-0.15, -0.1) is 0 Å². The number of imidazole rings is 2. The number of anilines is 1. The molecule has 12 nitrogen and oxygen atoms in total. The summed E-state index contributed by atoms with van der Waals surface area (Å²) in [6.45, 7) is 0.652. The van der Waals surface area contributed by atoms with Crippen molar-refractivity contribution in [3.05, 3.63) is 138 Å². The number of aromatic nitrogens is 4. The van der Waals surface area contributed by atoms with E-state index in [0.29, 0.717) is 37.0 Å². The van der Waals surface area contributed by atoms with Crippen LogP contribution >= 0.6 is 0 Å². The topological polar surface area (TPSA) is 151 Å². The monoisotopic (exact) mass is 814 g/mol. The minimum absolute atomic E-state index is 0.0125. The number of carbonyl (C=O) groups excluding carboxylic acids is 4. The number of piperidine rings is 1. The van der Waals surface area contributed by atoms with Gasteiger partial charge in [-0.1, -0.05) is 97.1 Å². The largest absolute Gasteiger partial charge is 0.469 e. The van der Waals surface area contributed by atoms with Crippen LogP contribution < -0.4 is 4.90 Å². The summed E-state index contributed by atoms with van der Waals surface area (Å²) in [4.78, 5) is 73.2. The van der Waals surface area contributed by atoms with Gasteiger partial charge in [-0.2, -0.15) is 0 Å². The number of benzene rings is 4. The lowest BCUT2D eigenvalue weighted by Gasteiger charge is -2.30. The van der Waals surface area contributed by atoms with E-state index in [1.54, 1.807) is 0 Å². The van der Waals surface area contributed by atoms with Gasteiger partial charge >= 0.3 is 11.9 Å². The normalized spacial score (nSPS) is 21.7. The quantitative estimate of drug-likeness (QED) is 0.126. The van der Waals surface area contributed by atoms with E-state index in [-0.39, 0.29) is 42.7 Å². The van der Waals surface area contributed by atoms with Crippen molar-refractivity contribution >= 4 is 29.4 Å². The Morgan fingerprint density at radius 1 is 0.754 bits per heavy atom. The van der Waals surface area contributed by atoms with E-state index in [1.165, 1.54) is 14.2 Å². The summed E-state index contributed by atoms with van der Waals surface area (Å²) in [5.41, 5.74) is 9.82.